The second-order valence-electron chi connectivity index (χ2n) is 7.17. The summed E-state index contributed by atoms with van der Waals surface area (Å²) in [7, 11) is 1.35. The number of nitrogens with one attached hydrogen (secondary N) is 1. The van der Waals surface area contributed by atoms with Crippen LogP contribution in [0.25, 0.3) is 0 Å². The Bertz CT molecular complexity index is 892. The van der Waals surface area contributed by atoms with Gasteiger partial charge in [-0.1, -0.05) is 36.4 Å². The van der Waals surface area contributed by atoms with E-state index in [4.69, 9.17) is 0 Å². The predicted molar refractivity (Wildman–Crippen MR) is 109 cm³/mol. The minimum Gasteiger partial charge on any atom is -0.465 e. The number of hydrogen-bond acceptors (Lipinski definition) is 4. The molecular weight excluding hydrogens is 368 g/mol. The molecule has 0 radical (unpaired) electrons. The molecule has 6 heteroatoms. The molecule has 0 saturated heterocycles. The van der Waals surface area contributed by atoms with E-state index in [1.54, 1.807) is 24.0 Å². The Hall–Kier alpha value is -3.15. The van der Waals surface area contributed by atoms with Crippen LogP contribution in [0, 0.1) is 0 Å². The summed E-state index contributed by atoms with van der Waals surface area (Å²) < 4.78 is 4.69. The number of nitrogens with zero attached hydrogens (tertiary/aromatic N) is 1. The van der Waals surface area contributed by atoms with Crippen LogP contribution in [0.2, 0.25) is 0 Å². The van der Waals surface area contributed by atoms with Crippen LogP contribution in [-0.2, 0) is 27.2 Å². The Morgan fingerprint density at radius 3 is 2.52 bits per heavy atom. The number of carbonyl (C=O) groups excluding carboxylic acids is 3. The van der Waals surface area contributed by atoms with Crippen molar-refractivity contribution in [2.24, 2.45) is 0 Å². The number of rotatable bonds is 6. The van der Waals surface area contributed by atoms with Crippen LogP contribution in [0.3, 0.4) is 0 Å². The van der Waals surface area contributed by atoms with Crippen LogP contribution in [0.4, 0.5) is 0 Å². The van der Waals surface area contributed by atoms with Crippen molar-refractivity contribution in [1.82, 2.24) is 10.2 Å². The molecule has 29 heavy (non-hydrogen) atoms. The second kappa shape index (κ2) is 9.37. The maximum atomic E-state index is 12.6. The molecule has 0 bridgehead atoms. The first-order valence-corrected chi connectivity index (χ1v) is 9.78. The van der Waals surface area contributed by atoms with Crippen LogP contribution in [0.1, 0.15) is 46.4 Å². The number of ether oxygens (including phenoxy) is 1. The van der Waals surface area contributed by atoms with Crippen LogP contribution in [0.5, 0.6) is 0 Å². The van der Waals surface area contributed by atoms with E-state index < -0.39 is 0 Å². The summed E-state index contributed by atoms with van der Waals surface area (Å²) >= 11 is 0. The number of benzene rings is 2. The van der Waals surface area contributed by atoms with E-state index in [1.807, 2.05) is 30.3 Å². The van der Waals surface area contributed by atoms with Gasteiger partial charge in [-0.05, 0) is 41.7 Å². The van der Waals surface area contributed by atoms with Crippen molar-refractivity contribution in [1.29, 1.82) is 0 Å². The monoisotopic (exact) mass is 394 g/mol. The Kier molecular flexibility index (Phi) is 6.65. The molecule has 152 valence electrons. The zero-order chi connectivity index (χ0) is 20.8. The third-order valence-electron chi connectivity index (χ3n) is 5.31. The lowest BCUT2D eigenvalue weighted by Gasteiger charge is -2.36. The molecule has 0 aromatic heterocycles. The third-order valence-corrected chi connectivity index (χ3v) is 5.31. The Balaban J connectivity index is 1.57. The van der Waals surface area contributed by atoms with Gasteiger partial charge in [-0.2, -0.15) is 0 Å². The Labute approximate surface area is 170 Å². The summed E-state index contributed by atoms with van der Waals surface area (Å²) in [6, 6.07) is 14.9. The van der Waals surface area contributed by atoms with Gasteiger partial charge in [0.15, 0.2) is 0 Å². The van der Waals surface area contributed by atoms with E-state index in [-0.39, 0.29) is 30.2 Å². The quantitative estimate of drug-likeness (QED) is 0.765. The maximum absolute atomic E-state index is 12.6. The van der Waals surface area contributed by atoms with Crippen molar-refractivity contribution >= 4 is 17.8 Å². The number of carbonyl (C=O) groups is 3. The molecule has 0 saturated carbocycles. The molecule has 0 aliphatic carbocycles. The summed E-state index contributed by atoms with van der Waals surface area (Å²) in [5.74, 6) is -0.459. The standard InChI is InChI=1S/C23H26N2O4/c1-16(26)25-14-12-18-5-3-4-6-20(18)21(25)15-22(27)24-13-11-17-7-9-19(10-8-17)23(28)29-2/h3-10,21H,11-15H2,1-2H3,(H,24,27). The third kappa shape index (κ3) is 5.02. The number of methoxy groups -OCH3 is 1. The highest BCUT2D eigenvalue weighted by Gasteiger charge is 2.30. The fourth-order valence-electron chi connectivity index (χ4n) is 3.77. The normalized spacial score (nSPS) is 15.4. The molecule has 2 aromatic carbocycles. The molecular formula is C23H26N2O4. The van der Waals surface area contributed by atoms with Crippen molar-refractivity contribution < 1.29 is 19.1 Å². The number of amides is 2. The molecule has 3 rings (SSSR count). The second-order valence-corrected chi connectivity index (χ2v) is 7.17. The van der Waals surface area contributed by atoms with Gasteiger partial charge in [0.05, 0.1) is 25.1 Å². The fourth-order valence-corrected chi connectivity index (χ4v) is 3.77. The topological polar surface area (TPSA) is 75.7 Å². The van der Waals surface area contributed by atoms with Crippen LogP contribution < -0.4 is 5.32 Å². The molecule has 6 nitrogen and oxygen atoms in total. The van der Waals surface area contributed by atoms with Gasteiger partial charge < -0.3 is 15.0 Å². The van der Waals surface area contributed by atoms with Gasteiger partial charge in [0.1, 0.15) is 0 Å². The van der Waals surface area contributed by atoms with Gasteiger partial charge in [-0.3, -0.25) is 9.59 Å². The van der Waals surface area contributed by atoms with Gasteiger partial charge in [0.2, 0.25) is 11.8 Å². The largest absolute Gasteiger partial charge is 0.465 e. The average molecular weight is 394 g/mol. The number of hydrogen-bond donors (Lipinski definition) is 1. The van der Waals surface area contributed by atoms with Gasteiger partial charge in [-0.15, -0.1) is 0 Å². The average Bonchev–Trinajstić information content (AvgIpc) is 2.73. The van der Waals surface area contributed by atoms with Crippen LogP contribution in [-0.4, -0.2) is 42.9 Å². The SMILES string of the molecule is COC(=O)c1ccc(CCNC(=O)CC2c3ccccc3CCN2C(C)=O)cc1. The van der Waals surface area contributed by atoms with E-state index in [2.05, 4.69) is 16.1 Å². The fraction of sp³-hybridized carbons (Fsp3) is 0.348. The zero-order valence-corrected chi connectivity index (χ0v) is 16.8. The number of esters is 1. The smallest absolute Gasteiger partial charge is 0.337 e. The van der Waals surface area contributed by atoms with Crippen molar-refractivity contribution in [3.05, 3.63) is 70.8 Å². The van der Waals surface area contributed by atoms with Crippen molar-refractivity contribution in [3.63, 3.8) is 0 Å². The highest BCUT2D eigenvalue weighted by molar-refractivity contribution is 5.89. The van der Waals surface area contributed by atoms with Crippen molar-refractivity contribution in [3.8, 4) is 0 Å². The first kappa shape index (κ1) is 20.6. The van der Waals surface area contributed by atoms with Crippen LogP contribution >= 0.6 is 0 Å². The summed E-state index contributed by atoms with van der Waals surface area (Å²) in [5.41, 5.74) is 3.78. The van der Waals surface area contributed by atoms with E-state index in [0.717, 1.165) is 17.5 Å². The van der Waals surface area contributed by atoms with Crippen molar-refractivity contribution in [2.75, 3.05) is 20.2 Å². The lowest BCUT2D eigenvalue weighted by molar-refractivity contribution is -0.133. The molecule has 1 atom stereocenters. The van der Waals surface area contributed by atoms with E-state index in [0.29, 0.717) is 25.1 Å². The molecule has 2 aromatic rings. The van der Waals surface area contributed by atoms with E-state index >= 15 is 0 Å². The first-order valence-electron chi connectivity index (χ1n) is 9.78. The molecule has 1 aliphatic heterocycles. The minimum absolute atomic E-state index is 0.0111. The molecule has 0 spiro atoms. The molecule has 1 unspecified atom stereocenters. The minimum atomic E-state index is -0.368. The molecule has 1 aliphatic rings. The van der Waals surface area contributed by atoms with Gasteiger partial charge in [0.25, 0.3) is 0 Å². The summed E-state index contributed by atoms with van der Waals surface area (Å²) in [5, 5.41) is 2.95. The summed E-state index contributed by atoms with van der Waals surface area (Å²) in [4.78, 5) is 37.9. The first-order chi connectivity index (χ1) is 14.0. The van der Waals surface area contributed by atoms with Gasteiger partial charge in [-0.25, -0.2) is 4.79 Å². The van der Waals surface area contributed by atoms with E-state index in [1.165, 1.54) is 12.7 Å². The Morgan fingerprint density at radius 1 is 1.10 bits per heavy atom. The lowest BCUT2D eigenvalue weighted by atomic mass is 9.90. The maximum Gasteiger partial charge on any atom is 0.337 e. The highest BCUT2D eigenvalue weighted by atomic mass is 16.5. The Morgan fingerprint density at radius 2 is 1.83 bits per heavy atom. The predicted octanol–water partition coefficient (Wildman–Crippen LogP) is 2.67. The highest BCUT2D eigenvalue weighted by Crippen LogP contribution is 2.32. The van der Waals surface area contributed by atoms with Crippen LogP contribution in [0.15, 0.2) is 48.5 Å². The summed E-state index contributed by atoms with van der Waals surface area (Å²) in [6.07, 6.45) is 1.72. The molecule has 1 N–H and O–H groups in total. The van der Waals surface area contributed by atoms with Gasteiger partial charge >= 0.3 is 5.97 Å². The summed E-state index contributed by atoms with van der Waals surface area (Å²) in [6.45, 7) is 2.68. The zero-order valence-electron chi connectivity index (χ0n) is 16.8. The number of fused-ring (bicyclic) bond motifs is 1. The lowest BCUT2D eigenvalue weighted by Crippen LogP contribution is -2.41. The molecule has 0 fully saturated rings. The molecule has 2 amide bonds. The molecule has 1 heterocycles. The van der Waals surface area contributed by atoms with Crippen molar-refractivity contribution in [2.45, 2.75) is 32.2 Å². The van der Waals surface area contributed by atoms with E-state index in [9.17, 15) is 14.4 Å². The van der Waals surface area contributed by atoms with Gasteiger partial charge in [0, 0.05) is 20.0 Å².